The molecular weight excluding hydrogens is 312 g/mol. The average molecular weight is 340 g/mol. The topological polar surface area (TPSA) is 54.4 Å². The number of aliphatic carboxylic acids is 1. The van der Waals surface area contributed by atoms with Crippen LogP contribution in [0.4, 0.5) is 0 Å². The standard InChI is InChI=1S/C22H28O3/c1-13-3-6-16-14(11-13)4-7-18-17(16)9-10-22(2)19(18)12-15(21(22)25)5-8-20(23)24/h3,6,11,15,17-19H,4-5,7-10,12H2,1-2H3,(H,23,24)/t15?,17?,18?,19?,22-/m0/s1. The minimum absolute atomic E-state index is 0.0377. The van der Waals surface area contributed by atoms with Gasteiger partial charge < -0.3 is 5.11 Å². The predicted molar refractivity (Wildman–Crippen MR) is 96.5 cm³/mol. The van der Waals surface area contributed by atoms with Gasteiger partial charge in [-0.15, -0.1) is 0 Å². The number of fused-ring (bicyclic) bond motifs is 5. The summed E-state index contributed by atoms with van der Waals surface area (Å²) in [6, 6.07) is 6.89. The molecule has 1 aromatic carbocycles. The van der Waals surface area contributed by atoms with E-state index in [2.05, 4.69) is 32.0 Å². The monoisotopic (exact) mass is 340 g/mol. The van der Waals surface area contributed by atoms with Crippen LogP contribution in [0.25, 0.3) is 0 Å². The third-order valence-corrected chi connectivity index (χ3v) is 7.45. The van der Waals surface area contributed by atoms with Crippen LogP contribution in [0.15, 0.2) is 18.2 Å². The number of carbonyl (C=O) groups is 2. The van der Waals surface area contributed by atoms with Crippen LogP contribution in [-0.2, 0) is 16.0 Å². The van der Waals surface area contributed by atoms with Crippen molar-refractivity contribution in [1.82, 2.24) is 0 Å². The van der Waals surface area contributed by atoms with Gasteiger partial charge in [-0.1, -0.05) is 30.7 Å². The molecule has 0 amide bonds. The molecule has 0 aliphatic heterocycles. The average Bonchev–Trinajstić information content (AvgIpc) is 2.84. The van der Waals surface area contributed by atoms with Gasteiger partial charge in [0.25, 0.3) is 0 Å². The Morgan fingerprint density at radius 2 is 2.12 bits per heavy atom. The Kier molecular flexibility index (Phi) is 4.01. The lowest BCUT2D eigenvalue weighted by atomic mass is 9.55. The second kappa shape index (κ2) is 5.96. The van der Waals surface area contributed by atoms with Crippen LogP contribution in [0.1, 0.15) is 68.1 Å². The maximum absolute atomic E-state index is 13.0. The Bertz CT molecular complexity index is 722. The summed E-state index contributed by atoms with van der Waals surface area (Å²) in [5.74, 6) is 1.15. The summed E-state index contributed by atoms with van der Waals surface area (Å²) in [5, 5.41) is 8.99. The van der Waals surface area contributed by atoms with Gasteiger partial charge in [0.1, 0.15) is 5.78 Å². The van der Waals surface area contributed by atoms with E-state index in [-0.39, 0.29) is 17.8 Å². The molecule has 3 aliphatic rings. The minimum Gasteiger partial charge on any atom is -0.481 e. The lowest BCUT2D eigenvalue weighted by molar-refractivity contribution is -0.137. The zero-order chi connectivity index (χ0) is 17.8. The fourth-order valence-electron chi connectivity index (χ4n) is 6.20. The van der Waals surface area contributed by atoms with Crippen LogP contribution in [0, 0.1) is 30.1 Å². The number of aryl methyl sites for hydroxylation is 2. The first-order valence-electron chi connectivity index (χ1n) is 9.75. The van der Waals surface area contributed by atoms with E-state index < -0.39 is 5.97 Å². The molecule has 4 rings (SSSR count). The molecule has 0 spiro atoms. The van der Waals surface area contributed by atoms with Crippen molar-refractivity contribution in [3.63, 3.8) is 0 Å². The quantitative estimate of drug-likeness (QED) is 0.881. The molecule has 134 valence electrons. The second-order valence-corrected chi connectivity index (χ2v) is 8.80. The molecule has 0 bridgehead atoms. The number of hydrogen-bond acceptors (Lipinski definition) is 2. The van der Waals surface area contributed by atoms with Crippen LogP contribution in [0.5, 0.6) is 0 Å². The zero-order valence-electron chi connectivity index (χ0n) is 15.3. The smallest absolute Gasteiger partial charge is 0.303 e. The molecule has 2 saturated carbocycles. The molecule has 3 heteroatoms. The Morgan fingerprint density at radius 1 is 1.32 bits per heavy atom. The minimum atomic E-state index is -0.785. The fourth-order valence-corrected chi connectivity index (χ4v) is 6.20. The number of benzene rings is 1. The summed E-state index contributed by atoms with van der Waals surface area (Å²) < 4.78 is 0. The molecule has 0 aromatic heterocycles. The zero-order valence-corrected chi connectivity index (χ0v) is 15.3. The van der Waals surface area contributed by atoms with E-state index in [0.29, 0.717) is 30.0 Å². The van der Waals surface area contributed by atoms with E-state index in [1.165, 1.54) is 23.1 Å². The predicted octanol–water partition coefficient (Wildman–Crippen LogP) is 4.51. The van der Waals surface area contributed by atoms with Gasteiger partial charge in [0.05, 0.1) is 0 Å². The van der Waals surface area contributed by atoms with Crippen molar-refractivity contribution in [2.24, 2.45) is 23.2 Å². The van der Waals surface area contributed by atoms with Crippen LogP contribution in [0.3, 0.4) is 0 Å². The van der Waals surface area contributed by atoms with Crippen molar-refractivity contribution in [2.75, 3.05) is 0 Å². The van der Waals surface area contributed by atoms with Gasteiger partial charge in [-0.3, -0.25) is 9.59 Å². The Labute approximate surface area is 149 Å². The van der Waals surface area contributed by atoms with E-state index in [0.717, 1.165) is 25.7 Å². The molecule has 2 fully saturated rings. The molecule has 5 atom stereocenters. The highest BCUT2D eigenvalue weighted by atomic mass is 16.4. The summed E-state index contributed by atoms with van der Waals surface area (Å²) in [6.07, 6.45) is 5.92. The number of hydrogen-bond donors (Lipinski definition) is 1. The lowest BCUT2D eigenvalue weighted by Gasteiger charge is -2.48. The van der Waals surface area contributed by atoms with Gasteiger partial charge in [0, 0.05) is 17.8 Å². The van der Waals surface area contributed by atoms with Crippen LogP contribution < -0.4 is 0 Å². The number of rotatable bonds is 3. The van der Waals surface area contributed by atoms with E-state index in [1.807, 2.05) is 0 Å². The van der Waals surface area contributed by atoms with Gasteiger partial charge in [0.2, 0.25) is 0 Å². The van der Waals surface area contributed by atoms with Crippen LogP contribution in [0.2, 0.25) is 0 Å². The van der Waals surface area contributed by atoms with E-state index >= 15 is 0 Å². The van der Waals surface area contributed by atoms with Gasteiger partial charge in [0.15, 0.2) is 0 Å². The van der Waals surface area contributed by atoms with E-state index in [9.17, 15) is 9.59 Å². The third-order valence-electron chi connectivity index (χ3n) is 7.45. The summed E-state index contributed by atoms with van der Waals surface area (Å²) in [4.78, 5) is 24.0. The maximum atomic E-state index is 13.0. The molecule has 1 N–H and O–H groups in total. The molecule has 0 radical (unpaired) electrons. The normalized spacial score (nSPS) is 36.5. The van der Waals surface area contributed by atoms with E-state index in [1.54, 1.807) is 0 Å². The first-order chi connectivity index (χ1) is 11.9. The number of ketones is 1. The van der Waals surface area contributed by atoms with Crippen LogP contribution in [-0.4, -0.2) is 16.9 Å². The molecular formula is C22H28O3. The second-order valence-electron chi connectivity index (χ2n) is 8.80. The molecule has 0 heterocycles. The first-order valence-corrected chi connectivity index (χ1v) is 9.75. The summed E-state index contributed by atoms with van der Waals surface area (Å²) >= 11 is 0. The molecule has 1 aromatic rings. The highest BCUT2D eigenvalue weighted by Crippen LogP contribution is 2.61. The van der Waals surface area contributed by atoms with Crippen molar-refractivity contribution < 1.29 is 14.7 Å². The molecule has 3 nitrogen and oxygen atoms in total. The number of carbonyl (C=O) groups excluding carboxylic acids is 1. The number of carboxylic acid groups (broad SMARTS) is 1. The third kappa shape index (κ3) is 2.63. The maximum Gasteiger partial charge on any atom is 0.303 e. The van der Waals surface area contributed by atoms with Gasteiger partial charge in [-0.25, -0.2) is 0 Å². The van der Waals surface area contributed by atoms with Crippen molar-refractivity contribution in [2.45, 2.75) is 64.7 Å². The Balaban J connectivity index is 1.61. The number of Topliss-reactive ketones (excluding diaryl/α,β-unsaturated/α-hetero) is 1. The van der Waals surface area contributed by atoms with Gasteiger partial charge in [-0.05, 0) is 74.3 Å². The summed E-state index contributed by atoms with van der Waals surface area (Å²) in [6.45, 7) is 4.33. The van der Waals surface area contributed by atoms with Crippen molar-refractivity contribution in [3.05, 3.63) is 34.9 Å². The van der Waals surface area contributed by atoms with Crippen molar-refractivity contribution in [3.8, 4) is 0 Å². The molecule has 3 aliphatic carbocycles. The van der Waals surface area contributed by atoms with Gasteiger partial charge >= 0.3 is 5.97 Å². The van der Waals surface area contributed by atoms with Crippen LogP contribution >= 0.6 is 0 Å². The lowest BCUT2D eigenvalue weighted by Crippen LogP contribution is -2.42. The van der Waals surface area contributed by atoms with Crippen molar-refractivity contribution >= 4 is 11.8 Å². The number of carboxylic acids is 1. The van der Waals surface area contributed by atoms with Gasteiger partial charge in [-0.2, -0.15) is 0 Å². The summed E-state index contributed by atoms with van der Waals surface area (Å²) in [7, 11) is 0. The SMILES string of the molecule is Cc1ccc2c(c1)CCC1C2CC[C@]2(C)C(=O)C(CCC(=O)O)CC12. The van der Waals surface area contributed by atoms with Crippen molar-refractivity contribution in [1.29, 1.82) is 0 Å². The Morgan fingerprint density at radius 3 is 2.88 bits per heavy atom. The largest absolute Gasteiger partial charge is 0.481 e. The Hall–Kier alpha value is -1.64. The highest BCUT2D eigenvalue weighted by molar-refractivity contribution is 5.90. The first kappa shape index (κ1) is 16.8. The van der Waals surface area contributed by atoms with E-state index in [4.69, 9.17) is 5.11 Å². The fraction of sp³-hybridized carbons (Fsp3) is 0.636. The molecule has 25 heavy (non-hydrogen) atoms. The summed E-state index contributed by atoms with van der Waals surface area (Å²) in [5.41, 5.74) is 4.15. The molecule has 4 unspecified atom stereocenters. The molecule has 0 saturated heterocycles. The highest BCUT2D eigenvalue weighted by Gasteiger charge is 2.57.